The Morgan fingerprint density at radius 2 is 2.18 bits per heavy atom. The van der Waals surface area contributed by atoms with E-state index in [0.717, 1.165) is 24.9 Å². The number of benzene rings is 1. The third-order valence-electron chi connectivity index (χ3n) is 3.40. The maximum absolute atomic E-state index is 9.76. The molecule has 17 heavy (non-hydrogen) atoms. The molecule has 1 aliphatic rings. The molecule has 0 unspecified atom stereocenters. The van der Waals surface area contributed by atoms with Gasteiger partial charge in [-0.25, -0.2) is 0 Å². The zero-order valence-electron chi connectivity index (χ0n) is 10.1. The number of methoxy groups -OCH3 is 1. The lowest BCUT2D eigenvalue weighted by Crippen LogP contribution is -2.26. The van der Waals surface area contributed by atoms with E-state index in [0.29, 0.717) is 12.3 Å². The van der Waals surface area contributed by atoms with Crippen molar-refractivity contribution in [2.45, 2.75) is 19.4 Å². The fraction of sp³-hybridized carbons (Fsp3) is 0.538. The Hall–Kier alpha value is -1.26. The Morgan fingerprint density at radius 1 is 1.41 bits per heavy atom. The second kappa shape index (κ2) is 4.94. The van der Waals surface area contributed by atoms with Crippen molar-refractivity contribution in [3.05, 3.63) is 23.8 Å². The minimum atomic E-state index is 0.0993. The van der Waals surface area contributed by atoms with Crippen molar-refractivity contribution in [2.75, 3.05) is 20.3 Å². The average Bonchev–Trinajstić information content (AvgIpc) is 3.12. The van der Waals surface area contributed by atoms with Gasteiger partial charge in [0.2, 0.25) is 0 Å². The third kappa shape index (κ3) is 2.90. The Morgan fingerprint density at radius 3 is 2.71 bits per heavy atom. The zero-order valence-corrected chi connectivity index (χ0v) is 10.1. The summed E-state index contributed by atoms with van der Waals surface area (Å²) in [5, 5.41) is 22.2. The number of phenols is 1. The Balaban J connectivity index is 1.86. The van der Waals surface area contributed by atoms with Crippen LogP contribution in [0.25, 0.3) is 0 Å². The molecule has 0 heterocycles. The molecular weight excluding hydrogens is 218 g/mol. The highest BCUT2D eigenvalue weighted by Gasteiger charge is 2.41. The first-order chi connectivity index (χ1) is 8.19. The van der Waals surface area contributed by atoms with E-state index in [1.807, 2.05) is 12.1 Å². The van der Waals surface area contributed by atoms with Gasteiger partial charge in [-0.05, 0) is 18.9 Å². The second-order valence-corrected chi connectivity index (χ2v) is 4.76. The third-order valence-corrected chi connectivity index (χ3v) is 3.40. The van der Waals surface area contributed by atoms with Crippen molar-refractivity contribution in [1.82, 2.24) is 5.32 Å². The highest BCUT2D eigenvalue weighted by molar-refractivity contribution is 5.39. The van der Waals surface area contributed by atoms with Crippen molar-refractivity contribution in [1.29, 1.82) is 0 Å². The molecule has 1 saturated carbocycles. The van der Waals surface area contributed by atoms with Crippen LogP contribution in [0.1, 0.15) is 18.4 Å². The van der Waals surface area contributed by atoms with Gasteiger partial charge in [0.1, 0.15) is 11.5 Å². The molecule has 1 aromatic carbocycles. The SMILES string of the molecule is COc1ccc(CNCC2(CO)CC2)c(O)c1. The first-order valence-electron chi connectivity index (χ1n) is 5.87. The van der Waals surface area contributed by atoms with Gasteiger partial charge in [0.25, 0.3) is 0 Å². The first-order valence-corrected chi connectivity index (χ1v) is 5.87. The molecule has 0 bridgehead atoms. The summed E-state index contributed by atoms with van der Waals surface area (Å²) in [4.78, 5) is 0. The standard InChI is InChI=1S/C13H19NO3/c1-17-11-3-2-10(12(16)6-11)7-14-8-13(9-15)4-5-13/h2-3,6,14-16H,4-5,7-9H2,1H3. The van der Waals surface area contributed by atoms with Crippen LogP contribution in [-0.2, 0) is 6.54 Å². The van der Waals surface area contributed by atoms with Crippen molar-refractivity contribution in [3.63, 3.8) is 0 Å². The minimum absolute atomic E-state index is 0.0993. The minimum Gasteiger partial charge on any atom is -0.507 e. The monoisotopic (exact) mass is 237 g/mol. The van der Waals surface area contributed by atoms with Gasteiger partial charge in [-0.15, -0.1) is 0 Å². The lowest BCUT2D eigenvalue weighted by molar-refractivity contribution is 0.207. The predicted molar refractivity (Wildman–Crippen MR) is 65.1 cm³/mol. The number of phenolic OH excluding ortho intramolecular Hbond substituents is 1. The Bertz CT molecular complexity index is 388. The second-order valence-electron chi connectivity index (χ2n) is 4.76. The fourth-order valence-corrected chi connectivity index (χ4v) is 1.85. The van der Waals surface area contributed by atoms with Gasteiger partial charge in [-0.2, -0.15) is 0 Å². The number of hydrogen-bond acceptors (Lipinski definition) is 4. The summed E-state index contributed by atoms with van der Waals surface area (Å²) in [6.45, 7) is 1.65. The van der Waals surface area contributed by atoms with Crippen LogP contribution in [0.2, 0.25) is 0 Å². The molecule has 4 heteroatoms. The van der Waals surface area contributed by atoms with Gasteiger partial charge in [-0.1, -0.05) is 6.07 Å². The summed E-state index contributed by atoms with van der Waals surface area (Å²) in [6, 6.07) is 5.28. The zero-order chi connectivity index (χ0) is 12.3. The van der Waals surface area contributed by atoms with Crippen LogP contribution < -0.4 is 10.1 Å². The maximum Gasteiger partial charge on any atom is 0.123 e. The molecule has 2 rings (SSSR count). The van der Waals surface area contributed by atoms with Crippen LogP contribution in [0.4, 0.5) is 0 Å². The van der Waals surface area contributed by atoms with E-state index in [9.17, 15) is 10.2 Å². The number of aromatic hydroxyl groups is 1. The highest BCUT2D eigenvalue weighted by atomic mass is 16.5. The van der Waals surface area contributed by atoms with Crippen molar-refractivity contribution >= 4 is 0 Å². The Kier molecular flexibility index (Phi) is 3.54. The van der Waals surface area contributed by atoms with Gasteiger partial charge in [0, 0.05) is 36.7 Å². The van der Waals surface area contributed by atoms with Gasteiger partial charge in [0.15, 0.2) is 0 Å². The molecular formula is C13H19NO3. The van der Waals surface area contributed by atoms with Crippen LogP contribution in [0.3, 0.4) is 0 Å². The number of rotatable bonds is 6. The van der Waals surface area contributed by atoms with Crippen LogP contribution in [0, 0.1) is 5.41 Å². The van der Waals surface area contributed by atoms with E-state index < -0.39 is 0 Å². The number of hydrogen-bond donors (Lipinski definition) is 3. The highest BCUT2D eigenvalue weighted by Crippen LogP contribution is 2.44. The Labute approximate surface area is 101 Å². The van der Waals surface area contributed by atoms with Crippen molar-refractivity contribution in [2.24, 2.45) is 5.41 Å². The molecule has 3 N–H and O–H groups in total. The molecule has 0 radical (unpaired) electrons. The van der Waals surface area contributed by atoms with E-state index in [1.165, 1.54) is 0 Å². The van der Waals surface area contributed by atoms with E-state index in [4.69, 9.17) is 4.74 Å². The number of aliphatic hydroxyl groups is 1. The van der Waals surface area contributed by atoms with Crippen LogP contribution >= 0.6 is 0 Å². The smallest absolute Gasteiger partial charge is 0.123 e. The van der Waals surface area contributed by atoms with Gasteiger partial charge < -0.3 is 20.3 Å². The molecule has 1 fully saturated rings. The quantitative estimate of drug-likeness (QED) is 0.697. The van der Waals surface area contributed by atoms with Gasteiger partial charge in [0.05, 0.1) is 7.11 Å². The van der Waals surface area contributed by atoms with Crippen LogP contribution in [-0.4, -0.2) is 30.5 Å². The van der Waals surface area contributed by atoms with Gasteiger partial charge in [-0.3, -0.25) is 0 Å². The molecule has 0 spiro atoms. The maximum atomic E-state index is 9.76. The number of nitrogens with one attached hydrogen (secondary N) is 1. The average molecular weight is 237 g/mol. The molecule has 0 atom stereocenters. The lowest BCUT2D eigenvalue weighted by Gasteiger charge is -2.13. The summed E-state index contributed by atoms with van der Waals surface area (Å²) in [7, 11) is 1.57. The fourth-order valence-electron chi connectivity index (χ4n) is 1.85. The topological polar surface area (TPSA) is 61.7 Å². The van der Waals surface area contributed by atoms with Crippen LogP contribution in [0.5, 0.6) is 11.5 Å². The summed E-state index contributed by atoms with van der Waals surface area (Å²) in [5.74, 6) is 0.894. The lowest BCUT2D eigenvalue weighted by atomic mass is 10.1. The molecule has 0 aromatic heterocycles. The molecule has 0 amide bonds. The normalized spacial score (nSPS) is 16.8. The molecule has 1 aliphatic carbocycles. The summed E-state index contributed by atoms with van der Waals surface area (Å²) < 4.78 is 5.02. The number of aliphatic hydroxyl groups excluding tert-OH is 1. The van der Waals surface area contributed by atoms with E-state index in [2.05, 4.69) is 5.32 Å². The summed E-state index contributed by atoms with van der Waals surface area (Å²) >= 11 is 0. The van der Waals surface area contributed by atoms with E-state index in [-0.39, 0.29) is 17.8 Å². The number of ether oxygens (including phenoxy) is 1. The largest absolute Gasteiger partial charge is 0.507 e. The summed E-state index contributed by atoms with van der Waals surface area (Å²) in [6.07, 6.45) is 2.18. The first kappa shape index (κ1) is 12.2. The van der Waals surface area contributed by atoms with Gasteiger partial charge >= 0.3 is 0 Å². The van der Waals surface area contributed by atoms with E-state index in [1.54, 1.807) is 13.2 Å². The van der Waals surface area contributed by atoms with Crippen molar-refractivity contribution in [3.8, 4) is 11.5 Å². The molecule has 4 nitrogen and oxygen atoms in total. The molecule has 0 aliphatic heterocycles. The predicted octanol–water partition coefficient (Wildman–Crippen LogP) is 1.26. The van der Waals surface area contributed by atoms with Crippen molar-refractivity contribution < 1.29 is 14.9 Å². The summed E-state index contributed by atoms with van der Waals surface area (Å²) in [5.41, 5.74) is 0.946. The van der Waals surface area contributed by atoms with Crippen LogP contribution in [0.15, 0.2) is 18.2 Å². The van der Waals surface area contributed by atoms with E-state index >= 15 is 0 Å². The molecule has 0 saturated heterocycles. The molecule has 1 aromatic rings. The molecule has 94 valence electrons.